The maximum Gasteiger partial charge on any atom is 0.0692 e. The molecule has 0 aliphatic carbocycles. The Bertz CT molecular complexity index is 136. The molecule has 1 N–H and O–H groups in total. The fourth-order valence-corrected chi connectivity index (χ4v) is 1.57. The highest BCUT2D eigenvalue weighted by Crippen LogP contribution is 2.10. The standard InChI is InChI=1S/C12H27NO/c1-6-11(5)12(14)9-13(7-2)8-10(3)4/h10-12,14H,6-9H2,1-5H3. The number of aliphatic hydroxyl groups is 1. The minimum absolute atomic E-state index is 0.168. The predicted octanol–water partition coefficient (Wildman–Crippen LogP) is 2.37. The summed E-state index contributed by atoms with van der Waals surface area (Å²) >= 11 is 0. The molecule has 0 aliphatic rings. The number of rotatable bonds is 7. The van der Waals surface area contributed by atoms with Gasteiger partial charge in [0.15, 0.2) is 0 Å². The largest absolute Gasteiger partial charge is 0.392 e. The molecule has 0 heterocycles. The van der Waals surface area contributed by atoms with Crippen molar-refractivity contribution < 1.29 is 5.11 Å². The average Bonchev–Trinajstić information content (AvgIpc) is 2.14. The second-order valence-electron chi connectivity index (χ2n) is 4.70. The molecular formula is C12H27NO. The molecule has 0 aliphatic heterocycles. The third kappa shape index (κ3) is 5.61. The molecule has 0 saturated heterocycles. The summed E-state index contributed by atoms with van der Waals surface area (Å²) in [5.41, 5.74) is 0. The molecule has 2 heteroatoms. The van der Waals surface area contributed by atoms with E-state index in [0.29, 0.717) is 11.8 Å². The third-order valence-corrected chi connectivity index (χ3v) is 2.82. The van der Waals surface area contributed by atoms with E-state index in [-0.39, 0.29) is 6.10 Å². The van der Waals surface area contributed by atoms with Crippen LogP contribution in [0.15, 0.2) is 0 Å². The molecule has 0 aromatic heterocycles. The van der Waals surface area contributed by atoms with Gasteiger partial charge in [0.2, 0.25) is 0 Å². The zero-order chi connectivity index (χ0) is 11.1. The van der Waals surface area contributed by atoms with Gasteiger partial charge >= 0.3 is 0 Å². The van der Waals surface area contributed by atoms with E-state index < -0.39 is 0 Å². The summed E-state index contributed by atoms with van der Waals surface area (Å²) in [5, 5.41) is 9.89. The van der Waals surface area contributed by atoms with Crippen LogP contribution < -0.4 is 0 Å². The van der Waals surface area contributed by atoms with Gasteiger partial charge in [0.25, 0.3) is 0 Å². The third-order valence-electron chi connectivity index (χ3n) is 2.82. The van der Waals surface area contributed by atoms with E-state index in [1.807, 2.05) is 0 Å². The van der Waals surface area contributed by atoms with E-state index in [0.717, 1.165) is 26.1 Å². The molecule has 14 heavy (non-hydrogen) atoms. The molecule has 2 unspecified atom stereocenters. The van der Waals surface area contributed by atoms with Gasteiger partial charge in [-0.15, -0.1) is 0 Å². The minimum atomic E-state index is -0.168. The van der Waals surface area contributed by atoms with Crippen LogP contribution in [-0.2, 0) is 0 Å². The van der Waals surface area contributed by atoms with Crippen molar-refractivity contribution in [1.29, 1.82) is 0 Å². The fourth-order valence-electron chi connectivity index (χ4n) is 1.57. The lowest BCUT2D eigenvalue weighted by molar-refractivity contribution is 0.0662. The van der Waals surface area contributed by atoms with Gasteiger partial charge in [-0.25, -0.2) is 0 Å². The van der Waals surface area contributed by atoms with E-state index in [2.05, 4.69) is 39.5 Å². The lowest BCUT2D eigenvalue weighted by Gasteiger charge is -2.27. The van der Waals surface area contributed by atoms with Gasteiger partial charge in [-0.2, -0.15) is 0 Å². The maximum atomic E-state index is 9.89. The molecule has 86 valence electrons. The summed E-state index contributed by atoms with van der Waals surface area (Å²) in [6, 6.07) is 0. The van der Waals surface area contributed by atoms with Crippen molar-refractivity contribution in [3.8, 4) is 0 Å². The molecule has 2 nitrogen and oxygen atoms in total. The number of aliphatic hydroxyl groups excluding tert-OH is 1. The molecule has 0 bridgehead atoms. The highest BCUT2D eigenvalue weighted by atomic mass is 16.3. The first-order valence-corrected chi connectivity index (χ1v) is 5.91. The lowest BCUT2D eigenvalue weighted by Crippen LogP contribution is -2.37. The smallest absolute Gasteiger partial charge is 0.0692 e. The molecule has 0 aromatic carbocycles. The Hall–Kier alpha value is -0.0800. The van der Waals surface area contributed by atoms with Crippen molar-refractivity contribution in [1.82, 2.24) is 4.90 Å². The Morgan fingerprint density at radius 2 is 1.64 bits per heavy atom. The van der Waals surface area contributed by atoms with Crippen LogP contribution in [0.2, 0.25) is 0 Å². The van der Waals surface area contributed by atoms with Crippen molar-refractivity contribution in [3.05, 3.63) is 0 Å². The summed E-state index contributed by atoms with van der Waals surface area (Å²) in [6.07, 6.45) is 0.888. The topological polar surface area (TPSA) is 23.5 Å². The Morgan fingerprint density at radius 3 is 2.00 bits per heavy atom. The van der Waals surface area contributed by atoms with Gasteiger partial charge in [0.1, 0.15) is 0 Å². The summed E-state index contributed by atoms with van der Waals surface area (Å²) in [7, 11) is 0. The highest BCUT2D eigenvalue weighted by molar-refractivity contribution is 4.69. The fraction of sp³-hybridized carbons (Fsp3) is 1.00. The zero-order valence-electron chi connectivity index (χ0n) is 10.5. The second-order valence-corrected chi connectivity index (χ2v) is 4.70. The molecule has 0 aromatic rings. The average molecular weight is 201 g/mol. The van der Waals surface area contributed by atoms with Crippen LogP contribution in [0.5, 0.6) is 0 Å². The van der Waals surface area contributed by atoms with E-state index in [1.54, 1.807) is 0 Å². The molecule has 0 radical (unpaired) electrons. The van der Waals surface area contributed by atoms with Crippen molar-refractivity contribution in [2.45, 2.75) is 47.1 Å². The SMILES string of the molecule is CCC(C)C(O)CN(CC)CC(C)C. The van der Waals surface area contributed by atoms with Gasteiger partial charge in [0.05, 0.1) is 6.10 Å². The van der Waals surface area contributed by atoms with Crippen LogP contribution in [0.25, 0.3) is 0 Å². The van der Waals surface area contributed by atoms with Crippen molar-refractivity contribution in [2.24, 2.45) is 11.8 Å². The summed E-state index contributed by atoms with van der Waals surface area (Å²) in [5.74, 6) is 1.09. The molecular weight excluding hydrogens is 174 g/mol. The summed E-state index contributed by atoms with van der Waals surface area (Å²) in [4.78, 5) is 2.33. The molecule has 2 atom stereocenters. The number of hydrogen-bond acceptors (Lipinski definition) is 2. The Balaban J connectivity index is 3.91. The molecule has 0 rings (SSSR count). The van der Waals surface area contributed by atoms with Gasteiger partial charge in [0, 0.05) is 13.1 Å². The Kier molecular flexibility index (Phi) is 7.20. The van der Waals surface area contributed by atoms with Crippen molar-refractivity contribution in [3.63, 3.8) is 0 Å². The van der Waals surface area contributed by atoms with E-state index in [9.17, 15) is 5.11 Å². The lowest BCUT2D eigenvalue weighted by atomic mass is 10.0. The van der Waals surface area contributed by atoms with Crippen LogP contribution in [0.4, 0.5) is 0 Å². The van der Waals surface area contributed by atoms with E-state index in [4.69, 9.17) is 0 Å². The Morgan fingerprint density at radius 1 is 1.07 bits per heavy atom. The highest BCUT2D eigenvalue weighted by Gasteiger charge is 2.16. The monoisotopic (exact) mass is 201 g/mol. The van der Waals surface area contributed by atoms with Crippen LogP contribution >= 0.6 is 0 Å². The van der Waals surface area contributed by atoms with Gasteiger partial charge in [-0.1, -0.05) is 41.0 Å². The van der Waals surface area contributed by atoms with Crippen LogP contribution in [0, 0.1) is 11.8 Å². The first-order valence-electron chi connectivity index (χ1n) is 5.91. The van der Waals surface area contributed by atoms with Gasteiger partial charge < -0.3 is 10.0 Å². The van der Waals surface area contributed by atoms with Crippen LogP contribution in [-0.4, -0.2) is 35.7 Å². The molecule has 0 amide bonds. The first-order chi connectivity index (χ1) is 6.51. The molecule has 0 saturated carbocycles. The predicted molar refractivity (Wildman–Crippen MR) is 62.4 cm³/mol. The van der Waals surface area contributed by atoms with Crippen LogP contribution in [0.3, 0.4) is 0 Å². The number of likely N-dealkylation sites (N-methyl/N-ethyl adjacent to an activating group) is 1. The quantitative estimate of drug-likeness (QED) is 0.683. The van der Waals surface area contributed by atoms with Gasteiger partial charge in [-0.05, 0) is 18.4 Å². The van der Waals surface area contributed by atoms with E-state index in [1.165, 1.54) is 0 Å². The molecule has 0 spiro atoms. The number of hydrogen-bond donors (Lipinski definition) is 1. The van der Waals surface area contributed by atoms with Crippen molar-refractivity contribution in [2.75, 3.05) is 19.6 Å². The minimum Gasteiger partial charge on any atom is -0.392 e. The van der Waals surface area contributed by atoms with Gasteiger partial charge in [-0.3, -0.25) is 0 Å². The normalized spacial score (nSPS) is 16.3. The number of nitrogens with zero attached hydrogens (tertiary/aromatic N) is 1. The summed E-state index contributed by atoms with van der Waals surface area (Å²) < 4.78 is 0. The van der Waals surface area contributed by atoms with E-state index >= 15 is 0 Å². The molecule has 0 fully saturated rings. The van der Waals surface area contributed by atoms with Crippen molar-refractivity contribution >= 4 is 0 Å². The Labute approximate surface area is 89.3 Å². The maximum absolute atomic E-state index is 9.89. The zero-order valence-corrected chi connectivity index (χ0v) is 10.5. The second kappa shape index (κ2) is 7.24. The van der Waals surface area contributed by atoms with Crippen LogP contribution in [0.1, 0.15) is 41.0 Å². The summed E-state index contributed by atoms with van der Waals surface area (Å²) in [6.45, 7) is 13.8. The first kappa shape index (κ1) is 13.9.